The second-order valence-corrected chi connectivity index (χ2v) is 2.74. The number of azide groups is 1. The first-order valence-electron chi connectivity index (χ1n) is 3.81. The van der Waals surface area contributed by atoms with Crippen LogP contribution in [-0.2, 0) is 0 Å². The number of halogens is 1. The lowest BCUT2D eigenvalue weighted by atomic mass is 10.1. The van der Waals surface area contributed by atoms with Crippen molar-refractivity contribution in [3.05, 3.63) is 39.8 Å². The fourth-order valence-corrected chi connectivity index (χ4v) is 1.11. The smallest absolute Gasteiger partial charge is 0.213 e. The Bertz CT molecular complexity index is 357. The molecule has 5 heteroatoms. The number of aryl methyl sites for hydroxylation is 1. The van der Waals surface area contributed by atoms with Crippen molar-refractivity contribution in [3.8, 4) is 0 Å². The molecule has 0 radical (unpaired) electrons. The average Bonchev–Trinajstić information content (AvgIpc) is 2.04. The molecule has 0 aliphatic rings. The minimum absolute atomic E-state index is 0.307. The Kier molecular flexibility index (Phi) is 2.82. The topological polar surface area (TPSA) is 61.7 Å². The molecule has 4 nitrogen and oxygen atoms in total. The van der Waals surface area contributed by atoms with Crippen LogP contribution in [0.5, 0.6) is 0 Å². The van der Waals surface area contributed by atoms with Crippen LogP contribution in [0.3, 0.4) is 0 Å². The maximum atomic E-state index is 12.6. The Morgan fingerprint density at radius 3 is 2.92 bits per heavy atom. The molecule has 0 amide bonds. The second kappa shape index (κ2) is 3.87. The van der Waals surface area contributed by atoms with E-state index in [-0.39, 0.29) is 6.04 Å². The van der Waals surface area contributed by atoms with Crippen molar-refractivity contribution in [2.45, 2.75) is 19.9 Å². The third-order valence-corrected chi connectivity index (χ3v) is 1.79. The monoisotopic (exact) mass is 180 g/mol. The lowest BCUT2D eigenvalue weighted by Gasteiger charge is -2.07. The number of pyridine rings is 1. The Morgan fingerprint density at radius 2 is 2.38 bits per heavy atom. The molecule has 68 valence electrons. The number of nitrogens with zero attached hydrogens (tertiary/aromatic N) is 4. The van der Waals surface area contributed by atoms with Gasteiger partial charge in [0.05, 0.1) is 6.04 Å². The van der Waals surface area contributed by atoms with Gasteiger partial charge in [0.1, 0.15) is 0 Å². The van der Waals surface area contributed by atoms with Crippen molar-refractivity contribution in [2.75, 3.05) is 0 Å². The van der Waals surface area contributed by atoms with Gasteiger partial charge in [0.25, 0.3) is 0 Å². The first-order chi connectivity index (χ1) is 6.15. The minimum Gasteiger partial charge on any atom is -0.228 e. The fourth-order valence-electron chi connectivity index (χ4n) is 1.11. The summed E-state index contributed by atoms with van der Waals surface area (Å²) < 4.78 is 12.6. The van der Waals surface area contributed by atoms with Crippen molar-refractivity contribution in [1.82, 2.24) is 4.98 Å². The molecular weight excluding hydrogens is 171 g/mol. The van der Waals surface area contributed by atoms with Gasteiger partial charge in [-0.2, -0.15) is 4.39 Å². The van der Waals surface area contributed by atoms with Crippen LogP contribution in [0.15, 0.2) is 17.4 Å². The van der Waals surface area contributed by atoms with Crippen LogP contribution >= 0.6 is 0 Å². The molecule has 1 aromatic rings. The molecule has 1 rings (SSSR count). The van der Waals surface area contributed by atoms with Crippen molar-refractivity contribution in [3.63, 3.8) is 0 Å². The molecule has 0 aromatic carbocycles. The van der Waals surface area contributed by atoms with Gasteiger partial charge < -0.3 is 0 Å². The summed E-state index contributed by atoms with van der Waals surface area (Å²) in [7, 11) is 0. The van der Waals surface area contributed by atoms with Gasteiger partial charge in [-0.1, -0.05) is 12.0 Å². The Balaban J connectivity index is 3.08. The Morgan fingerprint density at radius 1 is 1.69 bits per heavy atom. The van der Waals surface area contributed by atoms with Crippen LogP contribution in [0.1, 0.15) is 24.1 Å². The molecule has 1 aromatic heterocycles. The molecule has 0 saturated heterocycles. The van der Waals surface area contributed by atoms with Crippen molar-refractivity contribution in [1.29, 1.82) is 0 Å². The zero-order chi connectivity index (χ0) is 9.84. The molecule has 0 saturated carbocycles. The predicted molar refractivity (Wildman–Crippen MR) is 46.5 cm³/mol. The first kappa shape index (κ1) is 9.48. The third kappa shape index (κ3) is 2.16. The molecule has 0 aliphatic carbocycles. The average molecular weight is 180 g/mol. The van der Waals surface area contributed by atoms with Gasteiger partial charge >= 0.3 is 0 Å². The summed E-state index contributed by atoms with van der Waals surface area (Å²) in [6.45, 7) is 3.49. The van der Waals surface area contributed by atoms with Gasteiger partial charge in [-0.05, 0) is 29.6 Å². The largest absolute Gasteiger partial charge is 0.228 e. The highest BCUT2D eigenvalue weighted by Crippen LogP contribution is 2.19. The lowest BCUT2D eigenvalue weighted by Crippen LogP contribution is -1.95. The van der Waals surface area contributed by atoms with E-state index in [1.807, 2.05) is 0 Å². The van der Waals surface area contributed by atoms with E-state index in [0.29, 0.717) is 0 Å². The number of hydrogen-bond acceptors (Lipinski definition) is 2. The molecule has 13 heavy (non-hydrogen) atoms. The first-order valence-corrected chi connectivity index (χ1v) is 3.81. The quantitative estimate of drug-likeness (QED) is 0.298. The fraction of sp³-hybridized carbons (Fsp3) is 0.375. The zero-order valence-electron chi connectivity index (χ0n) is 7.40. The summed E-state index contributed by atoms with van der Waals surface area (Å²) in [5.41, 5.74) is 9.70. The van der Waals surface area contributed by atoms with E-state index in [2.05, 4.69) is 15.0 Å². The van der Waals surface area contributed by atoms with Gasteiger partial charge in [0, 0.05) is 11.1 Å². The molecular formula is C8H9FN4. The second-order valence-electron chi connectivity index (χ2n) is 2.74. The van der Waals surface area contributed by atoms with Crippen molar-refractivity contribution in [2.24, 2.45) is 5.11 Å². The van der Waals surface area contributed by atoms with Crippen molar-refractivity contribution >= 4 is 0 Å². The number of rotatable bonds is 2. The van der Waals surface area contributed by atoms with Crippen LogP contribution in [0.4, 0.5) is 4.39 Å². The summed E-state index contributed by atoms with van der Waals surface area (Å²) in [4.78, 5) is 6.17. The summed E-state index contributed by atoms with van der Waals surface area (Å²) in [5.74, 6) is -0.519. The molecule has 0 N–H and O–H groups in total. The summed E-state index contributed by atoms with van der Waals surface area (Å²) in [5, 5.41) is 3.50. The van der Waals surface area contributed by atoms with Gasteiger partial charge in [-0.3, -0.25) is 0 Å². The van der Waals surface area contributed by atoms with Crippen LogP contribution in [-0.4, -0.2) is 4.98 Å². The van der Waals surface area contributed by atoms with Crippen LogP contribution in [0.2, 0.25) is 0 Å². The Hall–Kier alpha value is -1.61. The van der Waals surface area contributed by atoms with E-state index >= 15 is 0 Å². The maximum Gasteiger partial charge on any atom is 0.213 e. The van der Waals surface area contributed by atoms with E-state index in [0.717, 1.165) is 11.1 Å². The van der Waals surface area contributed by atoms with Gasteiger partial charge in [0.2, 0.25) is 5.95 Å². The van der Waals surface area contributed by atoms with Crippen LogP contribution < -0.4 is 0 Å². The normalized spacial score (nSPS) is 11.9. The van der Waals surface area contributed by atoms with E-state index in [9.17, 15) is 4.39 Å². The SMILES string of the molecule is Cc1cc(F)ncc1C(C)N=[N+]=[N-]. The molecule has 0 aliphatic heterocycles. The minimum atomic E-state index is -0.519. The lowest BCUT2D eigenvalue weighted by molar-refractivity contribution is 0.578. The molecule has 0 fully saturated rings. The Labute approximate surface area is 75.0 Å². The summed E-state index contributed by atoms with van der Waals surface area (Å²) >= 11 is 0. The summed E-state index contributed by atoms with van der Waals surface area (Å²) in [6, 6.07) is 1.01. The zero-order valence-corrected chi connectivity index (χ0v) is 7.40. The van der Waals surface area contributed by atoms with Crippen molar-refractivity contribution < 1.29 is 4.39 Å². The molecule has 1 heterocycles. The van der Waals surface area contributed by atoms with E-state index < -0.39 is 5.95 Å². The highest BCUT2D eigenvalue weighted by molar-refractivity contribution is 5.25. The van der Waals surface area contributed by atoms with Crippen LogP contribution in [0.25, 0.3) is 10.4 Å². The van der Waals surface area contributed by atoms with Gasteiger partial charge in [0.15, 0.2) is 0 Å². The van der Waals surface area contributed by atoms with E-state index in [4.69, 9.17) is 5.53 Å². The predicted octanol–water partition coefficient (Wildman–Crippen LogP) is 2.90. The standard InChI is InChI=1S/C8H9FN4/c1-5-3-8(9)11-4-7(5)6(2)12-13-10/h3-4,6H,1-2H3. The molecule has 0 spiro atoms. The van der Waals surface area contributed by atoms with Crippen LogP contribution in [0, 0.1) is 12.9 Å². The van der Waals surface area contributed by atoms with E-state index in [1.54, 1.807) is 13.8 Å². The van der Waals surface area contributed by atoms with Gasteiger partial charge in [-0.15, -0.1) is 0 Å². The molecule has 1 unspecified atom stereocenters. The van der Waals surface area contributed by atoms with E-state index in [1.165, 1.54) is 12.3 Å². The molecule has 0 bridgehead atoms. The highest BCUT2D eigenvalue weighted by Gasteiger charge is 2.07. The number of hydrogen-bond donors (Lipinski definition) is 0. The summed E-state index contributed by atoms with van der Waals surface area (Å²) in [6.07, 6.45) is 1.39. The molecule has 1 atom stereocenters. The highest BCUT2D eigenvalue weighted by atomic mass is 19.1. The maximum absolute atomic E-state index is 12.6. The number of aromatic nitrogens is 1. The third-order valence-electron chi connectivity index (χ3n) is 1.79. The van der Waals surface area contributed by atoms with Gasteiger partial charge in [-0.25, -0.2) is 4.98 Å².